The highest BCUT2D eigenvalue weighted by Crippen LogP contribution is 2.25. The maximum atomic E-state index is 13.1. The van der Waals surface area contributed by atoms with Crippen molar-refractivity contribution in [1.29, 1.82) is 0 Å². The standard InChI is InChI=1S/C24H29ClN2O5S/c1-17(23(28)26-16-18-8-4-3-5-9-18)32-24(29)19-10-6-13-22(14-19)33(30,31)27(2)21-12-7-11-20(25)15-21/h6-7,10-15,17-18H,3-5,8-9,16H2,1-2H3,(H,26,28). The van der Waals surface area contributed by atoms with Crippen LogP contribution in [0.2, 0.25) is 5.02 Å². The molecule has 0 radical (unpaired) electrons. The third kappa shape index (κ3) is 6.48. The predicted octanol–water partition coefficient (Wildman–Crippen LogP) is 4.41. The van der Waals surface area contributed by atoms with Crippen molar-refractivity contribution >= 4 is 39.2 Å². The summed E-state index contributed by atoms with van der Waals surface area (Å²) < 4.78 is 32.5. The lowest BCUT2D eigenvalue weighted by Gasteiger charge is -2.22. The van der Waals surface area contributed by atoms with Crippen molar-refractivity contribution in [3.63, 3.8) is 0 Å². The number of carbonyl (C=O) groups excluding carboxylic acids is 2. The lowest BCUT2D eigenvalue weighted by atomic mass is 9.89. The Morgan fingerprint density at radius 2 is 1.82 bits per heavy atom. The van der Waals surface area contributed by atoms with Crippen LogP contribution in [0.15, 0.2) is 53.4 Å². The number of sulfonamides is 1. The molecule has 1 amide bonds. The Balaban J connectivity index is 1.65. The van der Waals surface area contributed by atoms with Gasteiger partial charge in [0.2, 0.25) is 0 Å². The number of esters is 1. The molecule has 1 saturated carbocycles. The van der Waals surface area contributed by atoms with Crippen LogP contribution in [0.5, 0.6) is 0 Å². The second-order valence-corrected chi connectivity index (χ2v) is 10.7. The number of hydrogen-bond donors (Lipinski definition) is 1. The summed E-state index contributed by atoms with van der Waals surface area (Å²) in [4.78, 5) is 24.9. The Morgan fingerprint density at radius 3 is 2.52 bits per heavy atom. The Hall–Kier alpha value is -2.58. The fourth-order valence-corrected chi connectivity index (χ4v) is 5.23. The van der Waals surface area contributed by atoms with Gasteiger partial charge < -0.3 is 10.1 Å². The first-order valence-electron chi connectivity index (χ1n) is 11.0. The van der Waals surface area contributed by atoms with Crippen LogP contribution in [-0.2, 0) is 19.6 Å². The van der Waals surface area contributed by atoms with Gasteiger partial charge >= 0.3 is 5.97 Å². The van der Waals surface area contributed by atoms with Gasteiger partial charge in [0.05, 0.1) is 16.1 Å². The molecule has 178 valence electrons. The van der Waals surface area contributed by atoms with Gasteiger partial charge in [-0.05, 0) is 62.1 Å². The average molecular weight is 493 g/mol. The first-order valence-corrected chi connectivity index (χ1v) is 12.8. The van der Waals surface area contributed by atoms with Gasteiger partial charge in [-0.3, -0.25) is 9.10 Å². The molecule has 33 heavy (non-hydrogen) atoms. The monoisotopic (exact) mass is 492 g/mol. The molecule has 1 unspecified atom stereocenters. The fraction of sp³-hybridized carbons (Fsp3) is 0.417. The van der Waals surface area contributed by atoms with Crippen molar-refractivity contribution < 1.29 is 22.7 Å². The van der Waals surface area contributed by atoms with Gasteiger partial charge in [0, 0.05) is 18.6 Å². The van der Waals surface area contributed by atoms with E-state index in [1.807, 2.05) is 0 Å². The minimum atomic E-state index is -3.94. The minimum absolute atomic E-state index is 0.0440. The summed E-state index contributed by atoms with van der Waals surface area (Å²) in [6.45, 7) is 2.08. The lowest BCUT2D eigenvalue weighted by Crippen LogP contribution is -2.38. The van der Waals surface area contributed by atoms with E-state index in [4.69, 9.17) is 16.3 Å². The number of carbonyl (C=O) groups is 2. The molecule has 2 aromatic rings. The molecule has 3 rings (SSSR count). The normalized spacial score (nSPS) is 15.5. The van der Waals surface area contributed by atoms with Crippen molar-refractivity contribution in [2.24, 2.45) is 5.92 Å². The average Bonchev–Trinajstić information content (AvgIpc) is 2.82. The van der Waals surface area contributed by atoms with Gasteiger partial charge in [0.25, 0.3) is 15.9 Å². The van der Waals surface area contributed by atoms with E-state index < -0.39 is 22.1 Å². The molecule has 0 saturated heterocycles. The van der Waals surface area contributed by atoms with Gasteiger partial charge in [0.15, 0.2) is 6.10 Å². The molecule has 0 bridgehead atoms. The smallest absolute Gasteiger partial charge is 0.338 e. The number of benzene rings is 2. The summed E-state index contributed by atoms with van der Waals surface area (Å²) in [5.41, 5.74) is 0.432. The van der Waals surface area contributed by atoms with E-state index in [0.29, 0.717) is 23.2 Å². The zero-order valence-electron chi connectivity index (χ0n) is 18.8. The lowest BCUT2D eigenvalue weighted by molar-refractivity contribution is -0.129. The Labute approximate surface area is 200 Å². The molecular weight excluding hydrogens is 464 g/mol. The van der Waals surface area contributed by atoms with E-state index in [1.54, 1.807) is 18.2 Å². The summed E-state index contributed by atoms with van der Waals surface area (Å²) in [6.07, 6.45) is 4.80. The van der Waals surface area contributed by atoms with E-state index >= 15 is 0 Å². The zero-order valence-corrected chi connectivity index (χ0v) is 20.4. The van der Waals surface area contributed by atoms with E-state index in [-0.39, 0.29) is 16.4 Å². The SMILES string of the molecule is CC(OC(=O)c1cccc(S(=O)(=O)N(C)c2cccc(Cl)c2)c1)C(=O)NCC1CCCCC1. The molecule has 2 aromatic carbocycles. The van der Waals surface area contributed by atoms with Gasteiger partial charge in [-0.2, -0.15) is 0 Å². The molecule has 7 nitrogen and oxygen atoms in total. The number of rotatable bonds is 8. The van der Waals surface area contributed by atoms with Crippen molar-refractivity contribution in [1.82, 2.24) is 5.32 Å². The van der Waals surface area contributed by atoms with E-state index in [2.05, 4.69) is 5.32 Å². The second-order valence-electron chi connectivity index (χ2n) is 8.28. The molecule has 0 heterocycles. The van der Waals surface area contributed by atoms with Gasteiger partial charge in [0.1, 0.15) is 0 Å². The van der Waals surface area contributed by atoms with E-state index in [0.717, 1.165) is 17.1 Å². The molecule has 1 atom stereocenters. The van der Waals surface area contributed by atoms with Crippen molar-refractivity contribution in [3.8, 4) is 0 Å². The molecule has 1 N–H and O–H groups in total. The number of amides is 1. The second kappa shape index (κ2) is 11.0. The molecule has 1 aliphatic carbocycles. The van der Waals surface area contributed by atoms with E-state index in [1.165, 1.54) is 63.6 Å². The Kier molecular flexibility index (Phi) is 8.37. The number of nitrogens with zero attached hydrogens (tertiary/aromatic N) is 1. The molecule has 0 aromatic heterocycles. The highest BCUT2D eigenvalue weighted by Gasteiger charge is 2.25. The predicted molar refractivity (Wildman–Crippen MR) is 128 cm³/mol. The summed E-state index contributed by atoms with van der Waals surface area (Å²) in [7, 11) is -2.54. The van der Waals surface area contributed by atoms with Crippen molar-refractivity contribution in [3.05, 3.63) is 59.1 Å². The molecule has 1 fully saturated rings. The summed E-state index contributed by atoms with van der Waals surface area (Å²) in [5.74, 6) is -0.667. The maximum Gasteiger partial charge on any atom is 0.338 e. The Bertz CT molecular complexity index is 1100. The van der Waals surface area contributed by atoms with Crippen LogP contribution in [0, 0.1) is 5.92 Å². The van der Waals surface area contributed by atoms with Gasteiger partial charge in [-0.15, -0.1) is 0 Å². The highest BCUT2D eigenvalue weighted by atomic mass is 35.5. The first kappa shape index (κ1) is 25.1. The van der Waals surface area contributed by atoms with Crippen LogP contribution >= 0.6 is 11.6 Å². The van der Waals surface area contributed by atoms with Gasteiger partial charge in [-0.1, -0.05) is 43.0 Å². The van der Waals surface area contributed by atoms with Crippen molar-refractivity contribution in [2.45, 2.75) is 50.0 Å². The van der Waals surface area contributed by atoms with Crippen LogP contribution in [0.4, 0.5) is 5.69 Å². The summed E-state index contributed by atoms with van der Waals surface area (Å²) >= 11 is 5.98. The van der Waals surface area contributed by atoms with Crippen LogP contribution < -0.4 is 9.62 Å². The van der Waals surface area contributed by atoms with Gasteiger partial charge in [-0.25, -0.2) is 13.2 Å². The molecule has 1 aliphatic rings. The van der Waals surface area contributed by atoms with E-state index in [9.17, 15) is 18.0 Å². The maximum absolute atomic E-state index is 13.1. The van der Waals surface area contributed by atoms with Crippen LogP contribution in [-0.4, -0.2) is 40.0 Å². The first-order chi connectivity index (χ1) is 15.7. The summed E-state index contributed by atoms with van der Waals surface area (Å²) in [6, 6.07) is 12.0. The largest absolute Gasteiger partial charge is 0.449 e. The number of anilines is 1. The van der Waals surface area contributed by atoms with Crippen LogP contribution in [0.1, 0.15) is 49.4 Å². The molecule has 9 heteroatoms. The highest BCUT2D eigenvalue weighted by molar-refractivity contribution is 7.92. The molecule has 0 aliphatic heterocycles. The minimum Gasteiger partial charge on any atom is -0.449 e. The quantitative estimate of drug-likeness (QED) is 0.551. The van der Waals surface area contributed by atoms with Crippen molar-refractivity contribution in [2.75, 3.05) is 17.9 Å². The molecular formula is C24H29ClN2O5S. The third-order valence-electron chi connectivity index (χ3n) is 5.84. The Morgan fingerprint density at radius 1 is 1.12 bits per heavy atom. The van der Waals surface area contributed by atoms with Crippen LogP contribution in [0.3, 0.4) is 0 Å². The zero-order chi connectivity index (χ0) is 24.0. The fourth-order valence-electron chi connectivity index (χ4n) is 3.81. The number of nitrogens with one attached hydrogen (secondary N) is 1. The number of ether oxygens (including phenoxy) is 1. The topological polar surface area (TPSA) is 92.8 Å². The summed E-state index contributed by atoms with van der Waals surface area (Å²) in [5, 5.41) is 3.26. The third-order valence-corrected chi connectivity index (χ3v) is 7.86. The molecule has 0 spiro atoms. The van der Waals surface area contributed by atoms with Crippen LogP contribution in [0.25, 0.3) is 0 Å². The number of halogens is 1. The number of hydrogen-bond acceptors (Lipinski definition) is 5.